The van der Waals surface area contributed by atoms with Crippen LogP contribution in [0.15, 0.2) is 24.3 Å². The summed E-state index contributed by atoms with van der Waals surface area (Å²) in [6, 6.07) is 8.37. The predicted octanol–water partition coefficient (Wildman–Crippen LogP) is 2.15. The highest BCUT2D eigenvalue weighted by molar-refractivity contribution is 5.87. The fourth-order valence-electron chi connectivity index (χ4n) is 2.86. The van der Waals surface area contributed by atoms with Crippen LogP contribution >= 0.6 is 0 Å². The van der Waals surface area contributed by atoms with Crippen molar-refractivity contribution in [2.75, 3.05) is 6.54 Å². The number of nitrogens with one attached hydrogen (secondary N) is 2. The maximum absolute atomic E-state index is 12.4. The predicted molar refractivity (Wildman–Crippen MR) is 91.0 cm³/mol. The number of likely N-dealkylation sites (tertiary alicyclic amines) is 1. The van der Waals surface area contributed by atoms with E-state index in [0.29, 0.717) is 12.1 Å². The molecule has 0 unspecified atom stereocenters. The van der Waals surface area contributed by atoms with Gasteiger partial charge in [0.15, 0.2) is 0 Å². The van der Waals surface area contributed by atoms with Crippen molar-refractivity contribution in [1.29, 1.82) is 5.26 Å². The molecular formula is C18H24N4O2. The molecule has 2 N–H and O–H groups in total. The number of nitrogens with zero attached hydrogens (tertiary/aromatic N) is 2. The van der Waals surface area contributed by atoms with Crippen molar-refractivity contribution in [3.05, 3.63) is 35.4 Å². The fourth-order valence-corrected chi connectivity index (χ4v) is 2.86. The van der Waals surface area contributed by atoms with Crippen molar-refractivity contribution >= 4 is 11.9 Å². The Kier molecular flexibility index (Phi) is 6.19. The van der Waals surface area contributed by atoms with Crippen molar-refractivity contribution in [1.82, 2.24) is 15.5 Å². The summed E-state index contributed by atoms with van der Waals surface area (Å²) in [6.07, 6.45) is 3.19. The zero-order chi connectivity index (χ0) is 17.5. The van der Waals surface area contributed by atoms with E-state index in [4.69, 9.17) is 5.26 Å². The average Bonchev–Trinajstić information content (AvgIpc) is 2.60. The number of rotatable bonds is 4. The summed E-state index contributed by atoms with van der Waals surface area (Å²) >= 11 is 0. The summed E-state index contributed by atoms with van der Waals surface area (Å²) in [4.78, 5) is 26.3. The van der Waals surface area contributed by atoms with E-state index in [2.05, 4.69) is 23.6 Å². The van der Waals surface area contributed by atoms with Crippen LogP contribution in [0.1, 0.15) is 44.2 Å². The molecule has 1 saturated heterocycles. The minimum atomic E-state index is -0.550. The molecule has 1 fully saturated rings. The number of benzene rings is 1. The van der Waals surface area contributed by atoms with Crippen molar-refractivity contribution < 1.29 is 9.59 Å². The van der Waals surface area contributed by atoms with Gasteiger partial charge in [0, 0.05) is 19.1 Å². The number of hydrogen-bond donors (Lipinski definition) is 2. The molecule has 6 heteroatoms. The number of amides is 3. The first kappa shape index (κ1) is 17.8. The summed E-state index contributed by atoms with van der Waals surface area (Å²) in [5, 5.41) is 14.2. The second-order valence-corrected chi connectivity index (χ2v) is 6.23. The van der Waals surface area contributed by atoms with E-state index in [1.807, 2.05) is 4.90 Å². The van der Waals surface area contributed by atoms with Crippen LogP contribution in [-0.4, -0.2) is 35.5 Å². The third kappa shape index (κ3) is 4.72. The average molecular weight is 328 g/mol. The number of urea groups is 1. The lowest BCUT2D eigenvalue weighted by molar-refractivity contribution is -0.136. The molecule has 3 amide bonds. The summed E-state index contributed by atoms with van der Waals surface area (Å²) in [5.74, 6) is -0.0317. The first-order chi connectivity index (χ1) is 11.5. The van der Waals surface area contributed by atoms with Gasteiger partial charge in [-0.25, -0.2) is 4.79 Å². The van der Waals surface area contributed by atoms with E-state index in [1.54, 1.807) is 31.2 Å². The second kappa shape index (κ2) is 8.34. The van der Waals surface area contributed by atoms with Gasteiger partial charge in [0.1, 0.15) is 6.04 Å². The number of carbonyl (C=O) groups is 2. The Morgan fingerprint density at radius 2 is 2.04 bits per heavy atom. The van der Waals surface area contributed by atoms with E-state index in [0.717, 1.165) is 31.4 Å². The topological polar surface area (TPSA) is 85.2 Å². The Bertz CT molecular complexity index is 621. The van der Waals surface area contributed by atoms with Gasteiger partial charge in [-0.1, -0.05) is 12.1 Å². The normalized spacial score (nSPS) is 18.4. The Balaban J connectivity index is 1.80. The quantitative estimate of drug-likeness (QED) is 0.888. The largest absolute Gasteiger partial charge is 0.338 e. The van der Waals surface area contributed by atoms with Crippen LogP contribution in [0.2, 0.25) is 0 Å². The summed E-state index contributed by atoms with van der Waals surface area (Å²) in [6.45, 7) is 4.87. The first-order valence-corrected chi connectivity index (χ1v) is 8.35. The van der Waals surface area contributed by atoms with Gasteiger partial charge in [0.2, 0.25) is 5.91 Å². The van der Waals surface area contributed by atoms with Crippen molar-refractivity contribution in [3.8, 4) is 6.07 Å². The smallest absolute Gasteiger partial charge is 0.315 e. The molecular weight excluding hydrogens is 304 g/mol. The third-order valence-corrected chi connectivity index (χ3v) is 4.34. The van der Waals surface area contributed by atoms with E-state index < -0.39 is 6.04 Å². The molecule has 0 bridgehead atoms. The van der Waals surface area contributed by atoms with Gasteiger partial charge in [-0.3, -0.25) is 4.79 Å². The number of piperidine rings is 1. The van der Waals surface area contributed by atoms with E-state index in [-0.39, 0.29) is 18.0 Å². The van der Waals surface area contributed by atoms with Crippen LogP contribution in [0.4, 0.5) is 4.79 Å². The zero-order valence-electron chi connectivity index (χ0n) is 14.2. The van der Waals surface area contributed by atoms with Gasteiger partial charge in [-0.15, -0.1) is 0 Å². The molecule has 128 valence electrons. The Labute approximate surface area is 142 Å². The van der Waals surface area contributed by atoms with Crippen LogP contribution in [0.25, 0.3) is 0 Å². The zero-order valence-corrected chi connectivity index (χ0v) is 14.2. The summed E-state index contributed by atoms with van der Waals surface area (Å²) < 4.78 is 0. The maximum Gasteiger partial charge on any atom is 0.315 e. The highest BCUT2D eigenvalue weighted by Crippen LogP contribution is 2.17. The van der Waals surface area contributed by atoms with Gasteiger partial charge >= 0.3 is 6.03 Å². The minimum Gasteiger partial charge on any atom is -0.338 e. The Morgan fingerprint density at radius 3 is 2.67 bits per heavy atom. The van der Waals surface area contributed by atoms with E-state index >= 15 is 0 Å². The van der Waals surface area contributed by atoms with Crippen LogP contribution in [0.3, 0.4) is 0 Å². The van der Waals surface area contributed by atoms with Gasteiger partial charge in [0.05, 0.1) is 11.6 Å². The SMILES string of the molecule is C[C@@H]1CCCCN1C(=O)[C@@H](C)NC(=O)NCc1ccc(C#N)cc1. The molecule has 1 heterocycles. The van der Waals surface area contributed by atoms with Gasteiger partial charge < -0.3 is 15.5 Å². The van der Waals surface area contributed by atoms with Crippen LogP contribution < -0.4 is 10.6 Å². The molecule has 0 spiro atoms. The standard InChI is InChI=1S/C18H24N4O2/c1-13-5-3-4-10-22(13)17(23)14(2)21-18(24)20-12-16-8-6-15(11-19)7-9-16/h6-9,13-14H,3-5,10,12H2,1-2H3,(H2,20,21,24)/t13-,14-/m1/s1. The summed E-state index contributed by atoms with van der Waals surface area (Å²) in [5.41, 5.74) is 1.48. The van der Waals surface area contributed by atoms with Crippen molar-refractivity contribution in [3.63, 3.8) is 0 Å². The highest BCUT2D eigenvalue weighted by Gasteiger charge is 2.27. The molecule has 1 aliphatic heterocycles. The van der Waals surface area contributed by atoms with E-state index in [9.17, 15) is 9.59 Å². The maximum atomic E-state index is 12.4. The van der Waals surface area contributed by atoms with Crippen LogP contribution in [0.5, 0.6) is 0 Å². The molecule has 1 aliphatic rings. The number of nitriles is 1. The van der Waals surface area contributed by atoms with Gasteiger partial charge in [-0.05, 0) is 50.8 Å². The minimum absolute atomic E-state index is 0.0317. The summed E-state index contributed by atoms with van der Waals surface area (Å²) in [7, 11) is 0. The molecule has 1 aromatic carbocycles. The van der Waals surface area contributed by atoms with Crippen molar-refractivity contribution in [2.24, 2.45) is 0 Å². The molecule has 1 aromatic rings. The van der Waals surface area contributed by atoms with Crippen LogP contribution in [-0.2, 0) is 11.3 Å². The molecule has 2 atom stereocenters. The molecule has 0 saturated carbocycles. The second-order valence-electron chi connectivity index (χ2n) is 6.23. The fraction of sp³-hybridized carbons (Fsp3) is 0.500. The Morgan fingerprint density at radius 1 is 1.33 bits per heavy atom. The molecule has 0 aromatic heterocycles. The molecule has 2 rings (SSSR count). The third-order valence-electron chi connectivity index (χ3n) is 4.34. The van der Waals surface area contributed by atoms with Gasteiger partial charge in [-0.2, -0.15) is 5.26 Å². The number of hydrogen-bond acceptors (Lipinski definition) is 3. The lowest BCUT2D eigenvalue weighted by Crippen LogP contribution is -2.53. The first-order valence-electron chi connectivity index (χ1n) is 8.35. The van der Waals surface area contributed by atoms with Gasteiger partial charge in [0.25, 0.3) is 0 Å². The highest BCUT2D eigenvalue weighted by atomic mass is 16.2. The lowest BCUT2D eigenvalue weighted by Gasteiger charge is -2.35. The molecule has 24 heavy (non-hydrogen) atoms. The molecule has 6 nitrogen and oxygen atoms in total. The van der Waals surface area contributed by atoms with Crippen molar-refractivity contribution in [2.45, 2.75) is 51.7 Å². The monoisotopic (exact) mass is 328 g/mol. The van der Waals surface area contributed by atoms with Crippen LogP contribution in [0, 0.1) is 11.3 Å². The lowest BCUT2D eigenvalue weighted by atomic mass is 10.0. The molecule has 0 aliphatic carbocycles. The number of carbonyl (C=O) groups excluding carboxylic acids is 2. The Hall–Kier alpha value is -2.55. The molecule has 0 radical (unpaired) electrons. The van der Waals surface area contributed by atoms with E-state index in [1.165, 1.54) is 0 Å².